The van der Waals surface area contributed by atoms with Crippen molar-refractivity contribution in [2.75, 3.05) is 13.3 Å². The van der Waals surface area contributed by atoms with E-state index in [0.717, 1.165) is 22.6 Å². The Morgan fingerprint density at radius 1 is 1.17 bits per heavy atom. The zero-order valence-electron chi connectivity index (χ0n) is 13.5. The number of halogens is 1. The van der Waals surface area contributed by atoms with Crippen LogP contribution in [0.5, 0.6) is 11.5 Å². The normalized spacial score (nSPS) is 13.1. The van der Waals surface area contributed by atoms with Gasteiger partial charge in [-0.1, -0.05) is 36.4 Å². The fraction of sp³-hybridized carbons (Fsp3) is 0.278. The van der Waals surface area contributed by atoms with Crippen molar-refractivity contribution in [2.24, 2.45) is 5.73 Å². The van der Waals surface area contributed by atoms with Gasteiger partial charge in [0.25, 0.3) is 0 Å². The fourth-order valence-corrected chi connectivity index (χ4v) is 2.60. The molecule has 1 amide bonds. The van der Waals surface area contributed by atoms with Crippen LogP contribution < -0.4 is 15.2 Å². The molecule has 3 rings (SSSR count). The topological polar surface area (TPSA) is 64.8 Å². The first-order chi connectivity index (χ1) is 11.2. The summed E-state index contributed by atoms with van der Waals surface area (Å²) in [4.78, 5) is 14.4. The van der Waals surface area contributed by atoms with Gasteiger partial charge < -0.3 is 20.1 Å². The smallest absolute Gasteiger partial charge is 0.244 e. The lowest BCUT2D eigenvalue weighted by atomic mass is 10.1. The van der Waals surface area contributed by atoms with Crippen LogP contribution in [-0.4, -0.2) is 24.1 Å². The highest BCUT2D eigenvalue weighted by Crippen LogP contribution is 2.32. The molecule has 0 radical (unpaired) electrons. The van der Waals surface area contributed by atoms with E-state index in [1.165, 1.54) is 0 Å². The van der Waals surface area contributed by atoms with Crippen LogP contribution in [0.2, 0.25) is 0 Å². The Labute approximate surface area is 147 Å². The van der Waals surface area contributed by atoms with E-state index in [0.29, 0.717) is 13.1 Å². The van der Waals surface area contributed by atoms with E-state index in [4.69, 9.17) is 15.2 Å². The van der Waals surface area contributed by atoms with Crippen molar-refractivity contribution < 1.29 is 14.3 Å². The molecule has 24 heavy (non-hydrogen) atoms. The Hall–Kier alpha value is -2.24. The fourth-order valence-electron chi connectivity index (χ4n) is 2.60. The minimum absolute atomic E-state index is 0. The Kier molecular flexibility index (Phi) is 6.06. The van der Waals surface area contributed by atoms with Crippen LogP contribution in [0, 0.1) is 0 Å². The van der Waals surface area contributed by atoms with Gasteiger partial charge in [-0.2, -0.15) is 0 Å². The van der Waals surface area contributed by atoms with E-state index in [9.17, 15) is 4.79 Å². The summed E-state index contributed by atoms with van der Waals surface area (Å²) in [5.74, 6) is 1.37. The second-order valence-electron chi connectivity index (χ2n) is 5.43. The minimum atomic E-state index is -0.648. The molecule has 6 heteroatoms. The highest BCUT2D eigenvalue weighted by atomic mass is 35.5. The van der Waals surface area contributed by atoms with Gasteiger partial charge in [0.15, 0.2) is 11.5 Å². The van der Waals surface area contributed by atoms with Crippen molar-refractivity contribution in [1.82, 2.24) is 4.90 Å². The number of nitrogens with zero attached hydrogens (tertiary/aromatic N) is 1. The number of rotatable bonds is 5. The van der Waals surface area contributed by atoms with Crippen molar-refractivity contribution in [2.45, 2.75) is 19.5 Å². The van der Waals surface area contributed by atoms with Crippen molar-refractivity contribution in [1.29, 1.82) is 0 Å². The van der Waals surface area contributed by atoms with Gasteiger partial charge in [0, 0.05) is 13.1 Å². The van der Waals surface area contributed by atoms with Crippen LogP contribution in [0.1, 0.15) is 24.1 Å². The van der Waals surface area contributed by atoms with Gasteiger partial charge in [-0.15, -0.1) is 12.4 Å². The SMILES string of the molecule is CCN(Cc1ccc2c(c1)OCO2)C(=O)C(N)c1ccccc1.Cl. The molecule has 1 atom stereocenters. The number of likely N-dealkylation sites (N-methyl/N-ethyl adjacent to an activating group) is 1. The Morgan fingerprint density at radius 3 is 2.58 bits per heavy atom. The van der Waals surface area contributed by atoms with E-state index >= 15 is 0 Å². The summed E-state index contributed by atoms with van der Waals surface area (Å²) < 4.78 is 10.7. The minimum Gasteiger partial charge on any atom is -0.454 e. The third-order valence-electron chi connectivity index (χ3n) is 3.93. The third-order valence-corrected chi connectivity index (χ3v) is 3.93. The zero-order valence-corrected chi connectivity index (χ0v) is 14.3. The van der Waals surface area contributed by atoms with Gasteiger partial charge >= 0.3 is 0 Å². The monoisotopic (exact) mass is 348 g/mol. The number of benzene rings is 2. The van der Waals surface area contributed by atoms with Gasteiger partial charge in [0.1, 0.15) is 6.04 Å². The van der Waals surface area contributed by atoms with E-state index in [1.54, 1.807) is 4.90 Å². The molecular formula is C18H21ClN2O3. The first-order valence-electron chi connectivity index (χ1n) is 7.67. The lowest BCUT2D eigenvalue weighted by molar-refractivity contribution is -0.133. The number of carbonyl (C=O) groups is 1. The molecule has 2 aromatic carbocycles. The maximum Gasteiger partial charge on any atom is 0.244 e. The Balaban J connectivity index is 0.00000208. The van der Waals surface area contributed by atoms with Gasteiger partial charge in [0.2, 0.25) is 12.7 Å². The quantitative estimate of drug-likeness (QED) is 0.902. The van der Waals surface area contributed by atoms with Crippen LogP contribution in [0.15, 0.2) is 48.5 Å². The number of hydrogen-bond donors (Lipinski definition) is 1. The lowest BCUT2D eigenvalue weighted by Gasteiger charge is -2.24. The summed E-state index contributed by atoms with van der Waals surface area (Å²) in [5.41, 5.74) is 7.93. The Morgan fingerprint density at radius 2 is 1.88 bits per heavy atom. The molecule has 2 N–H and O–H groups in total. The van der Waals surface area contributed by atoms with Crippen LogP contribution >= 0.6 is 12.4 Å². The summed E-state index contributed by atoms with van der Waals surface area (Å²) in [6, 6.07) is 14.5. The number of carbonyl (C=O) groups excluding carboxylic acids is 1. The van der Waals surface area contributed by atoms with E-state index < -0.39 is 6.04 Å². The summed E-state index contributed by atoms with van der Waals surface area (Å²) in [5, 5.41) is 0. The van der Waals surface area contributed by atoms with Crippen molar-refractivity contribution in [3.8, 4) is 11.5 Å². The number of hydrogen-bond acceptors (Lipinski definition) is 4. The van der Waals surface area contributed by atoms with Crippen LogP contribution in [0.4, 0.5) is 0 Å². The van der Waals surface area contributed by atoms with Gasteiger partial charge in [-0.05, 0) is 30.2 Å². The first kappa shape index (κ1) is 18.1. The van der Waals surface area contributed by atoms with Crippen molar-refractivity contribution in [3.05, 3.63) is 59.7 Å². The molecule has 0 bridgehead atoms. The predicted octanol–water partition coefficient (Wildman–Crippen LogP) is 2.89. The molecular weight excluding hydrogens is 328 g/mol. The standard InChI is InChI=1S/C18H20N2O3.ClH/c1-2-20(18(21)17(19)14-6-4-3-5-7-14)11-13-8-9-15-16(10-13)23-12-22-15;/h3-10,17H,2,11-12,19H2,1H3;1H. The summed E-state index contributed by atoms with van der Waals surface area (Å²) >= 11 is 0. The summed E-state index contributed by atoms with van der Waals surface area (Å²) in [6.45, 7) is 3.27. The number of nitrogens with two attached hydrogens (primary N) is 1. The second-order valence-corrected chi connectivity index (χ2v) is 5.43. The molecule has 1 aliphatic rings. The predicted molar refractivity (Wildman–Crippen MR) is 94.3 cm³/mol. The zero-order chi connectivity index (χ0) is 16.2. The van der Waals surface area contributed by atoms with E-state index in [-0.39, 0.29) is 25.1 Å². The van der Waals surface area contributed by atoms with Crippen molar-refractivity contribution >= 4 is 18.3 Å². The average molecular weight is 349 g/mol. The molecule has 128 valence electrons. The maximum atomic E-state index is 12.7. The first-order valence-corrected chi connectivity index (χ1v) is 7.67. The largest absolute Gasteiger partial charge is 0.454 e. The average Bonchev–Trinajstić information content (AvgIpc) is 3.07. The molecule has 0 aromatic heterocycles. The molecule has 1 heterocycles. The molecule has 1 aliphatic heterocycles. The Bertz CT molecular complexity index is 694. The van der Waals surface area contributed by atoms with Gasteiger partial charge in [0.05, 0.1) is 0 Å². The third kappa shape index (κ3) is 3.80. The number of fused-ring (bicyclic) bond motifs is 1. The van der Waals surface area contributed by atoms with Crippen LogP contribution in [0.3, 0.4) is 0 Å². The molecule has 2 aromatic rings. The molecule has 0 saturated heterocycles. The summed E-state index contributed by atoms with van der Waals surface area (Å²) in [6.07, 6.45) is 0. The van der Waals surface area contributed by atoms with Gasteiger partial charge in [-0.25, -0.2) is 0 Å². The van der Waals surface area contributed by atoms with Crippen LogP contribution in [-0.2, 0) is 11.3 Å². The maximum absolute atomic E-state index is 12.7. The van der Waals surface area contributed by atoms with Gasteiger partial charge in [-0.3, -0.25) is 4.79 Å². The molecule has 0 aliphatic carbocycles. The van der Waals surface area contributed by atoms with Crippen LogP contribution in [0.25, 0.3) is 0 Å². The number of amides is 1. The van der Waals surface area contributed by atoms with E-state index in [2.05, 4.69) is 0 Å². The summed E-state index contributed by atoms with van der Waals surface area (Å²) in [7, 11) is 0. The highest BCUT2D eigenvalue weighted by Gasteiger charge is 2.22. The lowest BCUT2D eigenvalue weighted by Crippen LogP contribution is -2.38. The molecule has 0 saturated carbocycles. The molecule has 0 fully saturated rings. The van der Waals surface area contributed by atoms with Crippen molar-refractivity contribution in [3.63, 3.8) is 0 Å². The molecule has 5 nitrogen and oxygen atoms in total. The number of ether oxygens (including phenoxy) is 2. The van der Waals surface area contributed by atoms with E-state index in [1.807, 2.05) is 55.5 Å². The molecule has 0 spiro atoms. The second kappa shape index (κ2) is 8.04. The highest BCUT2D eigenvalue weighted by molar-refractivity contribution is 5.85. The molecule has 1 unspecified atom stereocenters.